The van der Waals surface area contributed by atoms with Crippen LogP contribution in [0, 0.1) is 5.92 Å². The third-order valence-electron chi connectivity index (χ3n) is 6.63. The molecule has 1 saturated heterocycles. The molecule has 1 aromatic heterocycles. The molecule has 1 amide bonds. The lowest BCUT2D eigenvalue weighted by atomic mass is 9.88. The number of nitrogens with one attached hydrogen (secondary N) is 1. The number of rotatable bonds is 3. The number of fused-ring (bicyclic) bond motifs is 1. The van der Waals surface area contributed by atoms with Crippen LogP contribution in [0.15, 0.2) is 4.79 Å². The minimum absolute atomic E-state index is 0.00239. The molecule has 3 heterocycles. The summed E-state index contributed by atoms with van der Waals surface area (Å²) in [4.78, 5) is 37.0. The van der Waals surface area contributed by atoms with Gasteiger partial charge in [-0.3, -0.25) is 14.5 Å². The number of hydrogen-bond acceptors (Lipinski definition) is 4. The first-order chi connectivity index (χ1) is 13.1. The van der Waals surface area contributed by atoms with Gasteiger partial charge in [0.05, 0.1) is 17.3 Å². The van der Waals surface area contributed by atoms with Gasteiger partial charge in [0.2, 0.25) is 5.91 Å². The van der Waals surface area contributed by atoms with E-state index in [4.69, 9.17) is 4.98 Å². The Morgan fingerprint density at radius 1 is 1.11 bits per heavy atom. The standard InChI is InChI=1S/C21H32N4O2/c1-15(26)25-11-6-5-9-19(25)20-22-18-10-12-24(14-17(18)21(27)23-20)13-16-7-3-2-4-8-16/h16,19H,2-14H2,1H3,(H,22,23,27)/t19-/m0/s1. The highest BCUT2D eigenvalue weighted by Crippen LogP contribution is 2.30. The van der Waals surface area contributed by atoms with Gasteiger partial charge in [-0.05, 0) is 38.0 Å². The van der Waals surface area contributed by atoms with Crippen LogP contribution in [0.2, 0.25) is 0 Å². The van der Waals surface area contributed by atoms with E-state index in [9.17, 15) is 9.59 Å². The third-order valence-corrected chi connectivity index (χ3v) is 6.63. The van der Waals surface area contributed by atoms with Gasteiger partial charge in [-0.1, -0.05) is 19.3 Å². The Hall–Kier alpha value is -1.69. The van der Waals surface area contributed by atoms with E-state index in [1.165, 1.54) is 32.1 Å². The maximum Gasteiger partial charge on any atom is 0.255 e. The lowest BCUT2D eigenvalue weighted by molar-refractivity contribution is -0.132. The molecule has 2 aliphatic heterocycles. The average molecular weight is 373 g/mol. The Bertz CT molecular complexity index is 738. The summed E-state index contributed by atoms with van der Waals surface area (Å²) in [5.41, 5.74) is 1.78. The Kier molecular flexibility index (Phi) is 5.62. The number of amides is 1. The van der Waals surface area contributed by atoms with E-state index in [0.717, 1.165) is 69.0 Å². The second kappa shape index (κ2) is 8.13. The van der Waals surface area contributed by atoms with Crippen LogP contribution in [0.4, 0.5) is 0 Å². The van der Waals surface area contributed by atoms with Crippen LogP contribution >= 0.6 is 0 Å². The maximum absolute atomic E-state index is 12.8. The molecule has 1 aliphatic carbocycles. The highest BCUT2D eigenvalue weighted by Gasteiger charge is 2.30. The number of carbonyl (C=O) groups is 1. The van der Waals surface area contributed by atoms with Crippen LogP contribution in [0.5, 0.6) is 0 Å². The summed E-state index contributed by atoms with van der Waals surface area (Å²) >= 11 is 0. The minimum atomic E-state index is -0.0745. The summed E-state index contributed by atoms with van der Waals surface area (Å²) in [5.74, 6) is 1.55. The number of hydrogen-bond donors (Lipinski definition) is 1. The van der Waals surface area contributed by atoms with Gasteiger partial charge in [0.1, 0.15) is 5.82 Å². The second-order valence-corrected chi connectivity index (χ2v) is 8.59. The van der Waals surface area contributed by atoms with Crippen LogP contribution in [-0.4, -0.2) is 45.3 Å². The molecule has 0 radical (unpaired) electrons. The van der Waals surface area contributed by atoms with E-state index in [1.54, 1.807) is 6.92 Å². The normalized spacial score (nSPS) is 24.6. The molecular formula is C21H32N4O2. The van der Waals surface area contributed by atoms with E-state index >= 15 is 0 Å². The quantitative estimate of drug-likeness (QED) is 0.886. The molecule has 148 valence electrons. The summed E-state index contributed by atoms with van der Waals surface area (Å²) in [7, 11) is 0. The zero-order chi connectivity index (χ0) is 18.8. The molecule has 0 spiro atoms. The number of carbonyl (C=O) groups excluding carboxylic acids is 1. The van der Waals surface area contributed by atoms with Crippen molar-refractivity contribution >= 4 is 5.91 Å². The number of piperidine rings is 1. The zero-order valence-electron chi connectivity index (χ0n) is 16.5. The molecule has 0 bridgehead atoms. The second-order valence-electron chi connectivity index (χ2n) is 8.59. The first kappa shape index (κ1) is 18.7. The molecule has 1 N–H and O–H groups in total. The van der Waals surface area contributed by atoms with Crippen molar-refractivity contribution in [2.45, 2.75) is 77.3 Å². The predicted octanol–water partition coefficient (Wildman–Crippen LogP) is 2.78. The number of nitrogens with zero attached hydrogens (tertiary/aromatic N) is 3. The van der Waals surface area contributed by atoms with Crippen LogP contribution in [-0.2, 0) is 17.8 Å². The fraction of sp³-hybridized carbons (Fsp3) is 0.762. The van der Waals surface area contributed by atoms with E-state index in [-0.39, 0.29) is 17.5 Å². The molecule has 0 unspecified atom stereocenters. The smallest absolute Gasteiger partial charge is 0.255 e. The number of H-pyrrole nitrogens is 1. The highest BCUT2D eigenvalue weighted by molar-refractivity contribution is 5.73. The molecule has 6 heteroatoms. The van der Waals surface area contributed by atoms with Gasteiger partial charge in [0.15, 0.2) is 0 Å². The fourth-order valence-electron chi connectivity index (χ4n) is 5.14. The average Bonchev–Trinajstić information content (AvgIpc) is 2.69. The summed E-state index contributed by atoms with van der Waals surface area (Å²) < 4.78 is 0. The Balaban J connectivity index is 1.51. The van der Waals surface area contributed by atoms with Gasteiger partial charge < -0.3 is 9.88 Å². The monoisotopic (exact) mass is 372 g/mol. The maximum atomic E-state index is 12.8. The molecule has 1 saturated carbocycles. The van der Waals surface area contributed by atoms with Crippen LogP contribution in [0.1, 0.15) is 81.4 Å². The summed E-state index contributed by atoms with van der Waals surface area (Å²) in [5, 5.41) is 0. The molecule has 1 aromatic rings. The first-order valence-corrected chi connectivity index (χ1v) is 10.7. The Morgan fingerprint density at radius 3 is 2.67 bits per heavy atom. The van der Waals surface area contributed by atoms with Gasteiger partial charge >= 0.3 is 0 Å². The molecule has 6 nitrogen and oxygen atoms in total. The molecular weight excluding hydrogens is 340 g/mol. The van der Waals surface area contributed by atoms with E-state index in [1.807, 2.05) is 4.90 Å². The van der Waals surface area contributed by atoms with E-state index in [2.05, 4.69) is 9.88 Å². The minimum Gasteiger partial charge on any atom is -0.333 e. The van der Waals surface area contributed by atoms with Crippen LogP contribution in [0.3, 0.4) is 0 Å². The molecule has 1 atom stereocenters. The summed E-state index contributed by atoms with van der Waals surface area (Å²) in [6, 6.07) is -0.0745. The van der Waals surface area contributed by atoms with Crippen molar-refractivity contribution in [1.82, 2.24) is 19.8 Å². The van der Waals surface area contributed by atoms with Crippen LogP contribution < -0.4 is 5.56 Å². The van der Waals surface area contributed by atoms with Crippen molar-refractivity contribution in [2.75, 3.05) is 19.6 Å². The number of aromatic nitrogens is 2. The Morgan fingerprint density at radius 2 is 1.89 bits per heavy atom. The largest absolute Gasteiger partial charge is 0.333 e. The van der Waals surface area contributed by atoms with Gasteiger partial charge in [0.25, 0.3) is 5.56 Å². The van der Waals surface area contributed by atoms with Gasteiger partial charge in [-0.2, -0.15) is 0 Å². The highest BCUT2D eigenvalue weighted by atomic mass is 16.2. The first-order valence-electron chi connectivity index (χ1n) is 10.7. The topological polar surface area (TPSA) is 69.3 Å². The van der Waals surface area contributed by atoms with Gasteiger partial charge in [0, 0.05) is 39.5 Å². The Labute approximate surface area is 161 Å². The molecule has 0 aromatic carbocycles. The molecule has 27 heavy (non-hydrogen) atoms. The third kappa shape index (κ3) is 4.10. The van der Waals surface area contributed by atoms with Crippen LogP contribution in [0.25, 0.3) is 0 Å². The van der Waals surface area contributed by atoms with Crippen molar-refractivity contribution < 1.29 is 4.79 Å². The SMILES string of the molecule is CC(=O)N1CCCC[C@H]1c1nc2c(c(=O)[nH]1)CN(CC1CCCCC1)CC2. The lowest BCUT2D eigenvalue weighted by Crippen LogP contribution is -2.41. The van der Waals surface area contributed by atoms with E-state index in [0.29, 0.717) is 5.82 Å². The van der Waals surface area contributed by atoms with Crippen molar-refractivity contribution in [3.63, 3.8) is 0 Å². The molecule has 4 rings (SSSR count). The summed E-state index contributed by atoms with van der Waals surface area (Å²) in [6.07, 6.45) is 10.6. The van der Waals surface area contributed by atoms with Crippen molar-refractivity contribution in [1.29, 1.82) is 0 Å². The van der Waals surface area contributed by atoms with Crippen molar-refractivity contribution in [3.8, 4) is 0 Å². The van der Waals surface area contributed by atoms with Gasteiger partial charge in [-0.25, -0.2) is 4.98 Å². The van der Waals surface area contributed by atoms with Gasteiger partial charge in [-0.15, -0.1) is 0 Å². The molecule has 2 fully saturated rings. The number of likely N-dealkylation sites (tertiary alicyclic amines) is 1. The van der Waals surface area contributed by atoms with Crippen molar-refractivity contribution in [3.05, 3.63) is 27.4 Å². The summed E-state index contributed by atoms with van der Waals surface area (Å²) in [6.45, 7) is 5.19. The van der Waals surface area contributed by atoms with E-state index < -0.39 is 0 Å². The fourth-order valence-corrected chi connectivity index (χ4v) is 5.14. The van der Waals surface area contributed by atoms with Crippen molar-refractivity contribution in [2.24, 2.45) is 5.92 Å². The number of aromatic amines is 1. The molecule has 3 aliphatic rings. The predicted molar refractivity (Wildman–Crippen MR) is 104 cm³/mol. The lowest BCUT2D eigenvalue weighted by Gasteiger charge is -2.35. The zero-order valence-corrected chi connectivity index (χ0v) is 16.5.